The van der Waals surface area contributed by atoms with Crippen LogP contribution in [0, 0.1) is 19.8 Å². The molecule has 0 spiro atoms. The molecule has 1 atom stereocenters. The van der Waals surface area contributed by atoms with Gasteiger partial charge in [0.2, 0.25) is 0 Å². The van der Waals surface area contributed by atoms with E-state index in [1.807, 2.05) is 20.8 Å². The molecule has 0 bridgehead atoms. The van der Waals surface area contributed by atoms with Crippen molar-refractivity contribution in [3.63, 3.8) is 0 Å². The van der Waals surface area contributed by atoms with Crippen LogP contribution < -0.4 is 10.6 Å². The molecule has 2 amide bonds. The molecule has 1 rings (SSSR count). The first-order chi connectivity index (χ1) is 9.43. The minimum Gasteiger partial charge on any atom is -0.396 e. The highest BCUT2D eigenvalue weighted by Gasteiger charge is 2.15. The van der Waals surface area contributed by atoms with Gasteiger partial charge in [0.1, 0.15) is 0 Å². The third-order valence-electron chi connectivity index (χ3n) is 3.26. The fraction of sp³-hybridized carbons (Fsp3) is 0.714. The van der Waals surface area contributed by atoms with E-state index in [-0.39, 0.29) is 18.7 Å². The highest BCUT2D eigenvalue weighted by Crippen LogP contribution is 2.16. The van der Waals surface area contributed by atoms with Gasteiger partial charge in [-0.3, -0.25) is 0 Å². The van der Waals surface area contributed by atoms with Gasteiger partial charge in [-0.15, -0.1) is 11.3 Å². The number of rotatable bonds is 7. The molecule has 3 N–H and O–H groups in total. The predicted molar refractivity (Wildman–Crippen MR) is 82.2 cm³/mol. The number of aryl methyl sites for hydroxylation is 2. The summed E-state index contributed by atoms with van der Waals surface area (Å²) in [4.78, 5) is 17.4. The second-order valence-corrected chi connectivity index (χ2v) is 6.55. The average molecular weight is 299 g/mol. The molecule has 5 nitrogen and oxygen atoms in total. The molecule has 0 aromatic carbocycles. The summed E-state index contributed by atoms with van der Waals surface area (Å²) in [7, 11) is 0. The van der Waals surface area contributed by atoms with Crippen LogP contribution in [-0.4, -0.2) is 35.3 Å². The number of urea groups is 1. The van der Waals surface area contributed by atoms with Crippen molar-refractivity contribution in [1.29, 1.82) is 0 Å². The second-order valence-electron chi connectivity index (χ2n) is 5.26. The molecule has 0 aliphatic heterocycles. The Labute approximate surface area is 124 Å². The number of nitrogens with one attached hydrogen (secondary N) is 2. The van der Waals surface area contributed by atoms with Crippen LogP contribution in [-0.2, 0) is 6.42 Å². The van der Waals surface area contributed by atoms with E-state index in [9.17, 15) is 4.79 Å². The molecule has 1 unspecified atom stereocenters. The van der Waals surface area contributed by atoms with Crippen LogP contribution in [0.1, 0.15) is 35.8 Å². The smallest absolute Gasteiger partial charge is 0.315 e. The zero-order valence-corrected chi connectivity index (χ0v) is 13.5. The number of nitrogens with zero attached hydrogens (tertiary/aromatic N) is 1. The number of hydrogen-bond acceptors (Lipinski definition) is 4. The van der Waals surface area contributed by atoms with Crippen molar-refractivity contribution in [3.8, 4) is 0 Å². The van der Waals surface area contributed by atoms with Gasteiger partial charge < -0.3 is 15.7 Å². The monoisotopic (exact) mass is 299 g/mol. The van der Waals surface area contributed by atoms with Crippen molar-refractivity contribution in [2.24, 2.45) is 5.92 Å². The van der Waals surface area contributed by atoms with Gasteiger partial charge >= 0.3 is 6.03 Å². The summed E-state index contributed by atoms with van der Waals surface area (Å²) >= 11 is 1.68. The number of aromatic nitrogens is 1. The van der Waals surface area contributed by atoms with Gasteiger partial charge in [0.05, 0.1) is 10.7 Å². The van der Waals surface area contributed by atoms with E-state index in [1.54, 1.807) is 11.3 Å². The summed E-state index contributed by atoms with van der Waals surface area (Å²) in [5.74, 6) is 0.303. The van der Waals surface area contributed by atoms with Crippen molar-refractivity contribution in [2.75, 3.05) is 13.2 Å². The maximum absolute atomic E-state index is 11.8. The molecular weight excluding hydrogens is 274 g/mol. The molecule has 114 valence electrons. The van der Waals surface area contributed by atoms with E-state index < -0.39 is 0 Å². The van der Waals surface area contributed by atoms with Gasteiger partial charge in [0.15, 0.2) is 0 Å². The molecule has 1 aromatic heterocycles. The number of aliphatic hydroxyl groups is 1. The van der Waals surface area contributed by atoms with Crippen LogP contribution >= 0.6 is 11.3 Å². The Morgan fingerprint density at radius 2 is 2.10 bits per heavy atom. The Morgan fingerprint density at radius 1 is 1.40 bits per heavy atom. The van der Waals surface area contributed by atoms with Crippen LogP contribution in [0.5, 0.6) is 0 Å². The molecule has 0 aliphatic carbocycles. The van der Waals surface area contributed by atoms with Gasteiger partial charge in [-0.1, -0.05) is 13.8 Å². The van der Waals surface area contributed by atoms with Gasteiger partial charge in [-0.05, 0) is 26.2 Å². The number of carbonyl (C=O) groups is 1. The Kier molecular flexibility index (Phi) is 6.95. The number of aliphatic hydroxyl groups excluding tert-OH is 1. The molecular formula is C14H25N3O2S. The lowest BCUT2D eigenvalue weighted by molar-refractivity contribution is 0.219. The molecule has 0 saturated heterocycles. The molecule has 0 saturated carbocycles. The summed E-state index contributed by atoms with van der Waals surface area (Å²) in [6.07, 6.45) is 1.33. The Hall–Kier alpha value is -1.14. The second kappa shape index (κ2) is 8.21. The van der Waals surface area contributed by atoms with Crippen molar-refractivity contribution in [3.05, 3.63) is 15.6 Å². The van der Waals surface area contributed by atoms with E-state index in [4.69, 9.17) is 5.11 Å². The van der Waals surface area contributed by atoms with Crippen molar-refractivity contribution < 1.29 is 9.90 Å². The van der Waals surface area contributed by atoms with Crippen molar-refractivity contribution >= 4 is 17.4 Å². The molecule has 1 heterocycles. The maximum atomic E-state index is 11.8. The topological polar surface area (TPSA) is 74.2 Å². The average Bonchev–Trinajstić information content (AvgIpc) is 2.68. The first-order valence-electron chi connectivity index (χ1n) is 7.02. The standard InChI is InChI=1S/C14H25N3O2S/c1-9(2)12(6-8-18)17-14(19)15-7-5-13-16-10(3)11(4)20-13/h9,12,18H,5-8H2,1-4H3,(H2,15,17,19). The summed E-state index contributed by atoms with van der Waals surface area (Å²) in [6, 6.07) is -0.175. The van der Waals surface area contributed by atoms with E-state index in [0.29, 0.717) is 18.9 Å². The molecule has 0 fully saturated rings. The van der Waals surface area contributed by atoms with Gasteiger partial charge in [-0.2, -0.15) is 0 Å². The van der Waals surface area contributed by atoms with E-state index in [2.05, 4.69) is 22.5 Å². The SMILES string of the molecule is Cc1nc(CCNC(=O)NC(CCO)C(C)C)sc1C. The fourth-order valence-electron chi connectivity index (χ4n) is 1.86. The highest BCUT2D eigenvalue weighted by atomic mass is 32.1. The zero-order chi connectivity index (χ0) is 15.1. The van der Waals surface area contributed by atoms with Crippen LogP contribution in [0.2, 0.25) is 0 Å². The molecule has 0 radical (unpaired) electrons. The van der Waals surface area contributed by atoms with Crippen LogP contribution in [0.4, 0.5) is 4.79 Å². The predicted octanol–water partition coefficient (Wildman–Crippen LogP) is 2.01. The lowest BCUT2D eigenvalue weighted by Gasteiger charge is -2.21. The van der Waals surface area contributed by atoms with E-state index in [0.717, 1.165) is 17.1 Å². The highest BCUT2D eigenvalue weighted by molar-refractivity contribution is 7.11. The summed E-state index contributed by atoms with van der Waals surface area (Å²) in [5.41, 5.74) is 1.07. The lowest BCUT2D eigenvalue weighted by atomic mass is 10.0. The van der Waals surface area contributed by atoms with E-state index >= 15 is 0 Å². The summed E-state index contributed by atoms with van der Waals surface area (Å²) in [5, 5.41) is 15.8. The zero-order valence-electron chi connectivity index (χ0n) is 12.7. The first-order valence-corrected chi connectivity index (χ1v) is 7.83. The minimum atomic E-state index is -0.179. The Balaban J connectivity index is 2.32. The van der Waals surface area contributed by atoms with Gasteiger partial charge in [-0.25, -0.2) is 9.78 Å². The van der Waals surface area contributed by atoms with Crippen LogP contribution in [0.15, 0.2) is 0 Å². The van der Waals surface area contributed by atoms with Crippen molar-refractivity contribution in [1.82, 2.24) is 15.6 Å². The largest absolute Gasteiger partial charge is 0.396 e. The third kappa shape index (κ3) is 5.46. The van der Waals surface area contributed by atoms with Crippen LogP contribution in [0.3, 0.4) is 0 Å². The number of carbonyl (C=O) groups excluding carboxylic acids is 1. The lowest BCUT2D eigenvalue weighted by Crippen LogP contribution is -2.45. The fourth-order valence-corrected chi connectivity index (χ4v) is 2.79. The van der Waals surface area contributed by atoms with Gasteiger partial charge in [0, 0.05) is 30.5 Å². The number of thiazole rings is 1. The molecule has 1 aromatic rings. The molecule has 6 heteroatoms. The van der Waals surface area contributed by atoms with Gasteiger partial charge in [0.25, 0.3) is 0 Å². The summed E-state index contributed by atoms with van der Waals surface area (Å²) < 4.78 is 0. The minimum absolute atomic E-state index is 0.00403. The molecule has 20 heavy (non-hydrogen) atoms. The number of amides is 2. The van der Waals surface area contributed by atoms with Crippen LogP contribution in [0.25, 0.3) is 0 Å². The quantitative estimate of drug-likeness (QED) is 0.721. The normalized spacial score (nSPS) is 12.5. The first kappa shape index (κ1) is 16.9. The Bertz CT molecular complexity index is 413. The summed E-state index contributed by atoms with van der Waals surface area (Å²) in [6.45, 7) is 8.77. The Morgan fingerprint density at radius 3 is 2.60 bits per heavy atom. The van der Waals surface area contributed by atoms with E-state index in [1.165, 1.54) is 4.88 Å². The third-order valence-corrected chi connectivity index (χ3v) is 4.39. The maximum Gasteiger partial charge on any atom is 0.315 e. The van der Waals surface area contributed by atoms with Crippen molar-refractivity contribution in [2.45, 2.75) is 46.6 Å². The number of hydrogen-bond donors (Lipinski definition) is 3. The molecule has 0 aliphatic rings.